The van der Waals surface area contributed by atoms with E-state index < -0.39 is 5.82 Å². The third-order valence-electron chi connectivity index (χ3n) is 5.14. The Morgan fingerprint density at radius 1 is 0.939 bits per heavy atom. The summed E-state index contributed by atoms with van der Waals surface area (Å²) in [6.45, 7) is 6.34. The van der Waals surface area contributed by atoms with Crippen molar-refractivity contribution in [1.82, 2.24) is 24.8 Å². The zero-order valence-electron chi connectivity index (χ0n) is 18.1. The second-order valence-corrected chi connectivity index (χ2v) is 8.21. The molecule has 11 heteroatoms. The number of hydrogen-bond donors (Lipinski definition) is 3. The predicted octanol–water partition coefficient (Wildman–Crippen LogP) is 3.14. The third-order valence-corrected chi connectivity index (χ3v) is 5.52. The van der Waals surface area contributed by atoms with E-state index in [-0.39, 0.29) is 5.82 Å². The normalized spacial score (nSPS) is 14.1. The highest BCUT2D eigenvalue weighted by Gasteiger charge is 2.10. The van der Waals surface area contributed by atoms with Crippen molar-refractivity contribution in [3.63, 3.8) is 0 Å². The molecule has 0 spiro atoms. The van der Waals surface area contributed by atoms with Gasteiger partial charge in [0.15, 0.2) is 16.4 Å². The van der Waals surface area contributed by atoms with Crippen LogP contribution < -0.4 is 16.0 Å². The van der Waals surface area contributed by atoms with Crippen molar-refractivity contribution in [2.24, 2.45) is 0 Å². The van der Waals surface area contributed by atoms with Gasteiger partial charge in [0.05, 0.1) is 19.4 Å². The second-order valence-electron chi connectivity index (χ2n) is 7.51. The lowest BCUT2D eigenvalue weighted by Crippen LogP contribution is -2.39. The molecule has 1 fully saturated rings. The summed E-state index contributed by atoms with van der Waals surface area (Å²) in [6, 6.07) is 9.89. The molecule has 3 aromatic rings. The highest BCUT2D eigenvalue weighted by Crippen LogP contribution is 2.15. The minimum atomic E-state index is -0.487. The lowest BCUT2D eigenvalue weighted by molar-refractivity contribution is 0.0398. The number of anilines is 3. The number of ether oxygens (including phenoxy) is 1. The molecule has 174 valence electrons. The molecule has 1 aliphatic rings. The van der Waals surface area contributed by atoms with Crippen LogP contribution in [0.4, 0.5) is 22.0 Å². The highest BCUT2D eigenvalue weighted by atomic mass is 79.9. The van der Waals surface area contributed by atoms with Gasteiger partial charge in [-0.3, -0.25) is 4.90 Å². The van der Waals surface area contributed by atoms with Crippen LogP contribution in [0.5, 0.6) is 0 Å². The van der Waals surface area contributed by atoms with Gasteiger partial charge in [-0.15, -0.1) is 0 Å². The van der Waals surface area contributed by atoms with E-state index >= 15 is 0 Å². The summed E-state index contributed by atoms with van der Waals surface area (Å²) in [5, 5.41) is 9.60. The van der Waals surface area contributed by atoms with Crippen LogP contribution in [0.1, 0.15) is 11.1 Å². The molecule has 3 heterocycles. The van der Waals surface area contributed by atoms with Crippen molar-refractivity contribution >= 4 is 33.5 Å². The summed E-state index contributed by atoms with van der Waals surface area (Å²) in [5.74, 6) is 1.05. The molecule has 1 aromatic carbocycles. The SMILES string of the molecule is Fc1cnc(Br)nc1NCc1ccc(CNc2ccnc(NCCN3CCOCC3)n2)cc1. The smallest absolute Gasteiger partial charge is 0.224 e. The van der Waals surface area contributed by atoms with Crippen molar-refractivity contribution in [1.29, 1.82) is 0 Å². The molecule has 4 rings (SSSR count). The fourth-order valence-corrected chi connectivity index (χ4v) is 3.60. The van der Waals surface area contributed by atoms with Crippen LogP contribution in [0, 0.1) is 5.82 Å². The lowest BCUT2D eigenvalue weighted by atomic mass is 10.1. The third kappa shape index (κ3) is 7.31. The standard InChI is InChI=1S/C22H26BrFN8O/c23-21-29-15-18(24)20(31-21)28-14-17-3-1-16(2-4-17)13-27-19-5-6-25-22(30-19)26-7-8-32-9-11-33-12-10-32/h1-6,15H,7-14H2,(H,28,29,31)(H2,25,26,27,30). The van der Waals surface area contributed by atoms with E-state index in [1.165, 1.54) is 0 Å². The van der Waals surface area contributed by atoms with Crippen LogP contribution in [-0.2, 0) is 17.8 Å². The number of morpholine rings is 1. The summed E-state index contributed by atoms with van der Waals surface area (Å²) in [4.78, 5) is 18.9. The predicted molar refractivity (Wildman–Crippen MR) is 129 cm³/mol. The molecule has 33 heavy (non-hydrogen) atoms. The van der Waals surface area contributed by atoms with E-state index in [4.69, 9.17) is 4.74 Å². The first-order valence-corrected chi connectivity index (χ1v) is 11.6. The Morgan fingerprint density at radius 2 is 1.67 bits per heavy atom. The van der Waals surface area contributed by atoms with Gasteiger partial charge >= 0.3 is 0 Å². The monoisotopic (exact) mass is 516 g/mol. The van der Waals surface area contributed by atoms with Gasteiger partial charge in [-0.1, -0.05) is 24.3 Å². The molecule has 0 amide bonds. The topological polar surface area (TPSA) is 100 Å². The van der Waals surface area contributed by atoms with Crippen LogP contribution in [0.2, 0.25) is 0 Å². The van der Waals surface area contributed by atoms with Gasteiger partial charge in [0.1, 0.15) is 5.82 Å². The largest absolute Gasteiger partial charge is 0.379 e. The summed E-state index contributed by atoms with van der Waals surface area (Å²) in [6.07, 6.45) is 2.87. The molecule has 1 saturated heterocycles. The van der Waals surface area contributed by atoms with Crippen molar-refractivity contribution in [3.05, 3.63) is 64.4 Å². The van der Waals surface area contributed by atoms with Gasteiger partial charge in [0.25, 0.3) is 0 Å². The summed E-state index contributed by atoms with van der Waals surface area (Å²) in [5.41, 5.74) is 2.12. The van der Waals surface area contributed by atoms with Crippen molar-refractivity contribution in [3.8, 4) is 0 Å². The zero-order valence-corrected chi connectivity index (χ0v) is 19.7. The number of aromatic nitrogens is 4. The molecule has 0 atom stereocenters. The van der Waals surface area contributed by atoms with Crippen molar-refractivity contribution in [2.75, 3.05) is 55.3 Å². The quantitative estimate of drug-likeness (QED) is 0.351. The van der Waals surface area contributed by atoms with E-state index in [0.29, 0.717) is 23.8 Å². The van der Waals surface area contributed by atoms with Crippen LogP contribution in [0.3, 0.4) is 0 Å². The van der Waals surface area contributed by atoms with E-state index in [1.807, 2.05) is 30.3 Å². The number of hydrogen-bond acceptors (Lipinski definition) is 9. The van der Waals surface area contributed by atoms with Gasteiger partial charge in [0.2, 0.25) is 5.95 Å². The van der Waals surface area contributed by atoms with Crippen molar-refractivity contribution in [2.45, 2.75) is 13.1 Å². The molecule has 0 bridgehead atoms. The van der Waals surface area contributed by atoms with Gasteiger partial charge < -0.3 is 20.7 Å². The minimum absolute atomic E-state index is 0.167. The summed E-state index contributed by atoms with van der Waals surface area (Å²) < 4.78 is 19.5. The molecule has 9 nitrogen and oxygen atoms in total. The molecular weight excluding hydrogens is 491 g/mol. The first kappa shape index (κ1) is 23.3. The average Bonchev–Trinajstić information content (AvgIpc) is 2.85. The maximum atomic E-state index is 13.7. The fraction of sp³-hybridized carbons (Fsp3) is 0.364. The maximum absolute atomic E-state index is 13.7. The molecule has 0 unspecified atom stereocenters. The Bertz CT molecular complexity index is 1030. The molecule has 2 aromatic heterocycles. The number of benzene rings is 1. The van der Waals surface area contributed by atoms with E-state index in [0.717, 1.165) is 62.5 Å². The van der Waals surface area contributed by atoms with Crippen molar-refractivity contribution < 1.29 is 9.13 Å². The van der Waals surface area contributed by atoms with E-state index in [9.17, 15) is 4.39 Å². The highest BCUT2D eigenvalue weighted by molar-refractivity contribution is 9.10. The molecule has 3 N–H and O–H groups in total. The Hall–Kier alpha value is -2.89. The lowest BCUT2D eigenvalue weighted by Gasteiger charge is -2.26. The Morgan fingerprint density at radius 3 is 2.42 bits per heavy atom. The van der Waals surface area contributed by atoms with Crippen LogP contribution in [0.15, 0.2) is 47.5 Å². The second kappa shape index (κ2) is 11.8. The first-order valence-electron chi connectivity index (χ1n) is 10.8. The molecule has 0 aliphatic carbocycles. The van der Waals surface area contributed by atoms with Crippen LogP contribution >= 0.6 is 15.9 Å². The van der Waals surface area contributed by atoms with E-state index in [2.05, 4.69) is 56.7 Å². The minimum Gasteiger partial charge on any atom is -0.379 e. The molecule has 1 aliphatic heterocycles. The van der Waals surface area contributed by atoms with Gasteiger partial charge in [-0.05, 0) is 33.1 Å². The van der Waals surface area contributed by atoms with Gasteiger partial charge in [0, 0.05) is 45.5 Å². The Kier molecular flexibility index (Phi) is 8.34. The first-order chi connectivity index (χ1) is 16.2. The molecule has 0 radical (unpaired) electrons. The molecular formula is C22H26BrFN8O. The van der Waals surface area contributed by atoms with Gasteiger partial charge in [-0.25, -0.2) is 19.3 Å². The maximum Gasteiger partial charge on any atom is 0.224 e. The van der Waals surface area contributed by atoms with Gasteiger partial charge in [-0.2, -0.15) is 4.98 Å². The Labute approximate surface area is 200 Å². The van der Waals surface area contributed by atoms with Crippen LogP contribution in [0.25, 0.3) is 0 Å². The summed E-state index contributed by atoms with van der Waals surface area (Å²) >= 11 is 3.15. The van der Waals surface area contributed by atoms with E-state index in [1.54, 1.807) is 6.20 Å². The fourth-order valence-electron chi connectivity index (χ4n) is 3.32. The summed E-state index contributed by atoms with van der Waals surface area (Å²) in [7, 11) is 0. The molecule has 0 saturated carbocycles. The number of nitrogens with zero attached hydrogens (tertiary/aromatic N) is 5. The zero-order chi connectivity index (χ0) is 22.9. The number of nitrogens with one attached hydrogen (secondary N) is 3. The number of rotatable bonds is 10. The van der Waals surface area contributed by atoms with Crippen LogP contribution in [-0.4, -0.2) is 64.2 Å². The number of halogens is 2. The average molecular weight is 517 g/mol. The Balaban J connectivity index is 1.22.